The summed E-state index contributed by atoms with van der Waals surface area (Å²) in [6.07, 6.45) is 2.56. The lowest BCUT2D eigenvalue weighted by molar-refractivity contribution is -0.121. The van der Waals surface area contributed by atoms with Crippen LogP contribution >= 0.6 is 0 Å². The number of carbonyl (C=O) groups excluding carboxylic acids is 1. The SMILES string of the molecule is Cc1cc(C)n(-c2ccc(CCNC(=O)CCc3ncc(-c4ccc(F)cc4F)o3)cc2)n1. The van der Waals surface area contributed by atoms with Gasteiger partial charge < -0.3 is 9.73 Å². The van der Waals surface area contributed by atoms with Gasteiger partial charge in [-0.25, -0.2) is 18.4 Å². The Bertz CT molecular complexity index is 1260. The highest BCUT2D eigenvalue weighted by Crippen LogP contribution is 2.24. The lowest BCUT2D eigenvalue weighted by Crippen LogP contribution is -2.25. The van der Waals surface area contributed by atoms with Crippen molar-refractivity contribution in [3.05, 3.63) is 89.2 Å². The minimum atomic E-state index is -0.724. The Morgan fingerprint density at radius 3 is 2.55 bits per heavy atom. The summed E-state index contributed by atoms with van der Waals surface area (Å²) >= 11 is 0. The van der Waals surface area contributed by atoms with E-state index in [4.69, 9.17) is 4.42 Å². The van der Waals surface area contributed by atoms with Crippen LogP contribution in [0, 0.1) is 25.5 Å². The molecule has 0 aliphatic carbocycles. The molecule has 4 rings (SSSR count). The van der Waals surface area contributed by atoms with Crippen LogP contribution in [-0.2, 0) is 17.6 Å². The Morgan fingerprint density at radius 1 is 1.06 bits per heavy atom. The predicted octanol–water partition coefficient (Wildman–Crippen LogP) is 4.71. The summed E-state index contributed by atoms with van der Waals surface area (Å²) in [5.74, 6) is -0.984. The molecule has 33 heavy (non-hydrogen) atoms. The molecular weight excluding hydrogens is 426 g/mol. The zero-order valence-electron chi connectivity index (χ0n) is 18.4. The number of nitrogens with zero attached hydrogens (tertiary/aromatic N) is 3. The third kappa shape index (κ3) is 5.52. The van der Waals surface area contributed by atoms with Crippen LogP contribution in [0.2, 0.25) is 0 Å². The molecule has 0 saturated heterocycles. The second-order valence-corrected chi connectivity index (χ2v) is 7.85. The minimum Gasteiger partial charge on any atom is -0.441 e. The number of rotatable bonds is 8. The van der Waals surface area contributed by atoms with Crippen LogP contribution in [0.5, 0.6) is 0 Å². The van der Waals surface area contributed by atoms with E-state index in [1.807, 2.05) is 48.9 Å². The number of halogens is 2. The number of carbonyl (C=O) groups is 1. The van der Waals surface area contributed by atoms with E-state index < -0.39 is 11.6 Å². The van der Waals surface area contributed by atoms with Crippen molar-refractivity contribution in [1.82, 2.24) is 20.1 Å². The van der Waals surface area contributed by atoms with Crippen molar-refractivity contribution in [1.29, 1.82) is 0 Å². The number of hydrogen-bond acceptors (Lipinski definition) is 4. The van der Waals surface area contributed by atoms with Crippen molar-refractivity contribution in [3.63, 3.8) is 0 Å². The first-order chi connectivity index (χ1) is 15.9. The maximum atomic E-state index is 13.9. The number of benzene rings is 2. The smallest absolute Gasteiger partial charge is 0.220 e. The van der Waals surface area contributed by atoms with E-state index in [2.05, 4.69) is 15.4 Å². The summed E-state index contributed by atoms with van der Waals surface area (Å²) in [7, 11) is 0. The molecule has 0 aliphatic rings. The van der Waals surface area contributed by atoms with Gasteiger partial charge in [-0.1, -0.05) is 12.1 Å². The van der Waals surface area contributed by atoms with E-state index in [0.717, 1.165) is 34.8 Å². The first-order valence-corrected chi connectivity index (χ1v) is 10.7. The lowest BCUT2D eigenvalue weighted by Gasteiger charge is -2.07. The van der Waals surface area contributed by atoms with Crippen molar-refractivity contribution in [2.45, 2.75) is 33.1 Å². The van der Waals surface area contributed by atoms with Gasteiger partial charge in [-0.2, -0.15) is 5.10 Å². The monoisotopic (exact) mass is 450 g/mol. The Kier molecular flexibility index (Phi) is 6.63. The Hall–Kier alpha value is -3.81. The van der Waals surface area contributed by atoms with Crippen LogP contribution in [-0.4, -0.2) is 27.2 Å². The van der Waals surface area contributed by atoms with Gasteiger partial charge in [0.2, 0.25) is 5.91 Å². The average Bonchev–Trinajstić information content (AvgIpc) is 3.38. The van der Waals surface area contributed by atoms with Crippen LogP contribution in [0.3, 0.4) is 0 Å². The zero-order valence-corrected chi connectivity index (χ0v) is 18.4. The van der Waals surface area contributed by atoms with Gasteiger partial charge in [0.05, 0.1) is 23.1 Å². The second kappa shape index (κ2) is 9.77. The van der Waals surface area contributed by atoms with Crippen molar-refractivity contribution in [3.8, 4) is 17.0 Å². The molecule has 2 heterocycles. The summed E-state index contributed by atoms with van der Waals surface area (Å²) < 4.78 is 34.3. The number of nitrogens with one attached hydrogen (secondary N) is 1. The van der Waals surface area contributed by atoms with E-state index in [1.54, 1.807) is 0 Å². The molecule has 0 radical (unpaired) electrons. The molecule has 0 spiro atoms. The summed E-state index contributed by atoms with van der Waals surface area (Å²) in [6.45, 7) is 4.49. The van der Waals surface area contributed by atoms with Crippen LogP contribution in [0.25, 0.3) is 17.0 Å². The van der Waals surface area contributed by atoms with Gasteiger partial charge in [0.15, 0.2) is 11.7 Å². The van der Waals surface area contributed by atoms with E-state index in [1.165, 1.54) is 12.3 Å². The Balaban J connectivity index is 1.23. The molecule has 2 aromatic heterocycles. The van der Waals surface area contributed by atoms with Gasteiger partial charge >= 0.3 is 0 Å². The average molecular weight is 450 g/mol. The molecule has 170 valence electrons. The number of aryl methyl sites for hydroxylation is 3. The van der Waals surface area contributed by atoms with Crippen LogP contribution in [0.1, 0.15) is 29.3 Å². The third-order valence-corrected chi connectivity index (χ3v) is 5.24. The van der Waals surface area contributed by atoms with Gasteiger partial charge in [0, 0.05) is 31.1 Å². The standard InChI is InChI=1S/C25H24F2N4O2/c1-16-13-17(2)31(30-16)20-6-3-18(4-7-20)11-12-28-24(32)9-10-25-29-15-23(33-25)21-8-5-19(26)14-22(21)27/h3-8,13-15H,9-12H2,1-2H3,(H,28,32). The van der Waals surface area contributed by atoms with Crippen molar-refractivity contribution in [2.75, 3.05) is 6.54 Å². The number of oxazole rings is 1. The van der Waals surface area contributed by atoms with E-state index >= 15 is 0 Å². The quantitative estimate of drug-likeness (QED) is 0.422. The molecular formula is C25H24F2N4O2. The van der Waals surface area contributed by atoms with E-state index in [-0.39, 0.29) is 30.1 Å². The van der Waals surface area contributed by atoms with Gasteiger partial charge in [-0.3, -0.25) is 4.79 Å². The molecule has 4 aromatic rings. The molecule has 0 unspecified atom stereocenters. The van der Waals surface area contributed by atoms with Crippen molar-refractivity contribution >= 4 is 5.91 Å². The molecule has 0 fully saturated rings. The maximum Gasteiger partial charge on any atom is 0.220 e. The third-order valence-electron chi connectivity index (χ3n) is 5.24. The van der Waals surface area contributed by atoms with Gasteiger partial charge in [-0.15, -0.1) is 0 Å². The topological polar surface area (TPSA) is 73.0 Å². The number of hydrogen-bond donors (Lipinski definition) is 1. The molecule has 0 aliphatic heterocycles. The molecule has 8 heteroatoms. The molecule has 2 aromatic carbocycles. The maximum absolute atomic E-state index is 13.9. The summed E-state index contributed by atoms with van der Waals surface area (Å²) in [5, 5.41) is 7.37. The highest BCUT2D eigenvalue weighted by atomic mass is 19.1. The largest absolute Gasteiger partial charge is 0.441 e. The van der Waals surface area contributed by atoms with Crippen LogP contribution < -0.4 is 5.32 Å². The number of aromatic nitrogens is 3. The summed E-state index contributed by atoms with van der Waals surface area (Å²) in [5.41, 5.74) is 4.29. The van der Waals surface area contributed by atoms with Crippen LogP contribution in [0.4, 0.5) is 8.78 Å². The first kappa shape index (κ1) is 22.4. The van der Waals surface area contributed by atoms with Gasteiger partial charge in [0.1, 0.15) is 11.6 Å². The molecule has 0 bridgehead atoms. The molecule has 0 atom stereocenters. The fraction of sp³-hybridized carbons (Fsp3) is 0.240. The minimum absolute atomic E-state index is 0.123. The fourth-order valence-corrected chi connectivity index (χ4v) is 3.59. The lowest BCUT2D eigenvalue weighted by atomic mass is 10.1. The Labute approximate surface area is 190 Å². The molecule has 1 N–H and O–H groups in total. The zero-order chi connectivity index (χ0) is 23.4. The first-order valence-electron chi connectivity index (χ1n) is 10.7. The van der Waals surface area contributed by atoms with E-state index in [0.29, 0.717) is 18.9 Å². The Morgan fingerprint density at radius 2 is 1.85 bits per heavy atom. The van der Waals surface area contributed by atoms with E-state index in [9.17, 15) is 13.6 Å². The molecule has 0 saturated carbocycles. The highest BCUT2D eigenvalue weighted by Gasteiger charge is 2.13. The highest BCUT2D eigenvalue weighted by molar-refractivity contribution is 5.76. The van der Waals surface area contributed by atoms with Crippen molar-refractivity contribution < 1.29 is 18.0 Å². The summed E-state index contributed by atoms with van der Waals surface area (Å²) in [4.78, 5) is 16.2. The molecule has 1 amide bonds. The second-order valence-electron chi connectivity index (χ2n) is 7.85. The van der Waals surface area contributed by atoms with Gasteiger partial charge in [-0.05, 0) is 56.2 Å². The van der Waals surface area contributed by atoms with Crippen molar-refractivity contribution in [2.24, 2.45) is 0 Å². The summed E-state index contributed by atoms with van der Waals surface area (Å²) in [6, 6.07) is 13.4. The number of amides is 1. The fourth-order valence-electron chi connectivity index (χ4n) is 3.59. The predicted molar refractivity (Wildman–Crippen MR) is 120 cm³/mol. The normalized spacial score (nSPS) is 11.0. The molecule has 6 nitrogen and oxygen atoms in total. The van der Waals surface area contributed by atoms with Crippen LogP contribution in [0.15, 0.2) is 59.1 Å². The van der Waals surface area contributed by atoms with Gasteiger partial charge in [0.25, 0.3) is 0 Å².